The van der Waals surface area contributed by atoms with Gasteiger partial charge in [0.2, 0.25) is 0 Å². The third kappa shape index (κ3) is 4.53. The van der Waals surface area contributed by atoms with Crippen LogP contribution in [0.4, 0.5) is 0 Å². The Morgan fingerprint density at radius 1 is 1.42 bits per heavy atom. The number of benzene rings is 1. The van der Waals surface area contributed by atoms with Crippen LogP contribution >= 0.6 is 11.8 Å². The summed E-state index contributed by atoms with van der Waals surface area (Å²) in [6.45, 7) is 4.45. The Labute approximate surface area is 117 Å². The van der Waals surface area contributed by atoms with E-state index in [9.17, 15) is 4.79 Å². The lowest BCUT2D eigenvalue weighted by Gasteiger charge is -2.16. The number of hydrogen-bond acceptors (Lipinski definition) is 4. The van der Waals surface area contributed by atoms with Crippen molar-refractivity contribution in [3.63, 3.8) is 0 Å². The van der Waals surface area contributed by atoms with Gasteiger partial charge in [0.15, 0.2) is 5.79 Å². The highest BCUT2D eigenvalue weighted by molar-refractivity contribution is 7.99. The van der Waals surface area contributed by atoms with Gasteiger partial charge in [-0.05, 0) is 31.5 Å². The second-order valence-electron chi connectivity index (χ2n) is 4.98. The minimum atomic E-state index is -0.806. The number of thioether (sulfide) groups is 1. The van der Waals surface area contributed by atoms with Crippen molar-refractivity contribution >= 4 is 17.7 Å². The Hall–Kier alpha value is -1.04. The van der Waals surface area contributed by atoms with Gasteiger partial charge in [-0.2, -0.15) is 0 Å². The van der Waals surface area contributed by atoms with E-state index in [1.807, 2.05) is 38.1 Å². The number of aliphatic carboxylic acids is 1. The zero-order valence-electron chi connectivity index (χ0n) is 11.1. The van der Waals surface area contributed by atoms with Crippen molar-refractivity contribution in [2.24, 2.45) is 0 Å². The molecule has 0 bridgehead atoms. The van der Waals surface area contributed by atoms with Crippen LogP contribution in [-0.2, 0) is 20.7 Å². The van der Waals surface area contributed by atoms with Gasteiger partial charge in [0.05, 0.1) is 19.1 Å². The molecule has 1 aromatic rings. The second-order valence-corrected chi connectivity index (χ2v) is 6.07. The molecule has 104 valence electrons. The lowest BCUT2D eigenvalue weighted by molar-refractivity contribution is -0.136. The van der Waals surface area contributed by atoms with E-state index in [1.165, 1.54) is 0 Å². The molecule has 0 spiro atoms. The Morgan fingerprint density at radius 3 is 2.63 bits per heavy atom. The lowest BCUT2D eigenvalue weighted by Crippen LogP contribution is -2.22. The van der Waals surface area contributed by atoms with Gasteiger partial charge in [-0.1, -0.05) is 12.1 Å². The summed E-state index contributed by atoms with van der Waals surface area (Å²) in [7, 11) is 0. The quantitative estimate of drug-likeness (QED) is 0.841. The van der Waals surface area contributed by atoms with Crippen molar-refractivity contribution in [2.45, 2.75) is 37.1 Å². The minimum absolute atomic E-state index is 0.0682. The molecule has 1 aromatic carbocycles. The molecule has 0 unspecified atom stereocenters. The SMILES string of the molecule is CC1(C)OC[C@@H](CSc2ccc(CC(=O)O)cc2)O1. The molecular formula is C14H18O4S. The van der Waals surface area contributed by atoms with Crippen molar-refractivity contribution in [3.8, 4) is 0 Å². The Bertz CT molecular complexity index is 441. The maximum atomic E-state index is 10.6. The fourth-order valence-electron chi connectivity index (χ4n) is 1.91. The largest absolute Gasteiger partial charge is 0.481 e. The first kappa shape index (κ1) is 14.4. The number of carboxylic acid groups (broad SMARTS) is 1. The molecule has 5 heteroatoms. The van der Waals surface area contributed by atoms with Crippen LogP contribution in [0.25, 0.3) is 0 Å². The third-order valence-electron chi connectivity index (χ3n) is 2.78. The molecule has 1 aliphatic heterocycles. The maximum Gasteiger partial charge on any atom is 0.307 e. The smallest absolute Gasteiger partial charge is 0.307 e. The molecule has 0 amide bonds. The van der Waals surface area contributed by atoms with Crippen LogP contribution in [0.3, 0.4) is 0 Å². The van der Waals surface area contributed by atoms with E-state index >= 15 is 0 Å². The first-order chi connectivity index (χ1) is 8.94. The monoisotopic (exact) mass is 282 g/mol. The van der Waals surface area contributed by atoms with Crippen LogP contribution in [0.15, 0.2) is 29.2 Å². The van der Waals surface area contributed by atoms with Gasteiger partial charge in [0.1, 0.15) is 0 Å². The van der Waals surface area contributed by atoms with Crippen LogP contribution in [0.2, 0.25) is 0 Å². The van der Waals surface area contributed by atoms with Crippen LogP contribution in [0.1, 0.15) is 19.4 Å². The highest BCUT2D eigenvalue weighted by Crippen LogP contribution is 2.27. The number of carboxylic acids is 1. The van der Waals surface area contributed by atoms with Crippen molar-refractivity contribution in [2.75, 3.05) is 12.4 Å². The first-order valence-corrected chi connectivity index (χ1v) is 7.18. The zero-order chi connectivity index (χ0) is 13.9. The normalized spacial score (nSPS) is 21.5. The number of ether oxygens (including phenoxy) is 2. The molecule has 19 heavy (non-hydrogen) atoms. The van der Waals surface area contributed by atoms with Crippen molar-refractivity contribution in [1.29, 1.82) is 0 Å². The predicted molar refractivity (Wildman–Crippen MR) is 73.4 cm³/mol. The zero-order valence-corrected chi connectivity index (χ0v) is 11.9. The highest BCUT2D eigenvalue weighted by Gasteiger charge is 2.32. The van der Waals surface area contributed by atoms with Gasteiger partial charge in [-0.3, -0.25) is 4.79 Å². The summed E-state index contributed by atoms with van der Waals surface area (Å²) in [4.78, 5) is 11.7. The van der Waals surface area contributed by atoms with Gasteiger partial charge >= 0.3 is 5.97 Å². The fraction of sp³-hybridized carbons (Fsp3) is 0.500. The van der Waals surface area contributed by atoms with E-state index in [0.717, 1.165) is 16.2 Å². The summed E-state index contributed by atoms with van der Waals surface area (Å²) in [5, 5.41) is 8.70. The molecule has 0 saturated carbocycles. The fourth-order valence-corrected chi connectivity index (χ4v) is 2.78. The average Bonchev–Trinajstić information content (AvgIpc) is 2.67. The second kappa shape index (κ2) is 5.94. The molecule has 4 nitrogen and oxygen atoms in total. The highest BCUT2D eigenvalue weighted by atomic mass is 32.2. The van der Waals surface area contributed by atoms with E-state index in [2.05, 4.69) is 0 Å². The molecule has 1 aliphatic rings. The Kier molecular flexibility index (Phi) is 4.50. The summed E-state index contributed by atoms with van der Waals surface area (Å²) in [5.74, 6) is -0.447. The number of carbonyl (C=O) groups is 1. The van der Waals surface area contributed by atoms with E-state index in [-0.39, 0.29) is 12.5 Å². The first-order valence-electron chi connectivity index (χ1n) is 6.20. The maximum absolute atomic E-state index is 10.6. The van der Waals surface area contributed by atoms with Crippen molar-refractivity contribution < 1.29 is 19.4 Å². The predicted octanol–water partition coefficient (Wildman–Crippen LogP) is 2.56. The number of hydrogen-bond donors (Lipinski definition) is 1. The van der Waals surface area contributed by atoms with Gasteiger partial charge < -0.3 is 14.6 Å². The average molecular weight is 282 g/mol. The lowest BCUT2D eigenvalue weighted by atomic mass is 10.2. The van der Waals surface area contributed by atoms with Gasteiger partial charge in [-0.25, -0.2) is 0 Å². The molecule has 1 N–H and O–H groups in total. The molecule has 1 atom stereocenters. The van der Waals surface area contributed by atoms with Crippen molar-refractivity contribution in [1.82, 2.24) is 0 Å². The molecule has 1 heterocycles. The van der Waals surface area contributed by atoms with E-state index in [4.69, 9.17) is 14.6 Å². The van der Waals surface area contributed by atoms with Crippen LogP contribution in [0.5, 0.6) is 0 Å². The molecule has 1 fully saturated rings. The number of rotatable bonds is 5. The van der Waals surface area contributed by atoms with E-state index < -0.39 is 11.8 Å². The molecule has 0 aliphatic carbocycles. The molecule has 2 rings (SSSR count). The minimum Gasteiger partial charge on any atom is -0.481 e. The van der Waals surface area contributed by atoms with E-state index in [0.29, 0.717) is 6.61 Å². The van der Waals surface area contributed by atoms with Crippen LogP contribution < -0.4 is 0 Å². The van der Waals surface area contributed by atoms with E-state index in [1.54, 1.807) is 11.8 Å². The third-order valence-corrected chi connectivity index (χ3v) is 3.93. The topological polar surface area (TPSA) is 55.8 Å². The van der Waals surface area contributed by atoms with Gasteiger partial charge in [-0.15, -0.1) is 11.8 Å². The standard InChI is InChI=1S/C14H18O4S/c1-14(2)17-8-11(18-14)9-19-12-5-3-10(4-6-12)7-13(15)16/h3-6,11H,7-9H2,1-2H3,(H,15,16)/t11-/m0/s1. The molecular weight excluding hydrogens is 264 g/mol. The summed E-state index contributed by atoms with van der Waals surface area (Å²) < 4.78 is 11.2. The summed E-state index contributed by atoms with van der Waals surface area (Å²) in [5.41, 5.74) is 0.818. The van der Waals surface area contributed by atoms with Crippen LogP contribution in [0, 0.1) is 0 Å². The Balaban J connectivity index is 1.82. The molecule has 0 aromatic heterocycles. The summed E-state index contributed by atoms with van der Waals surface area (Å²) in [6, 6.07) is 7.60. The van der Waals surface area contributed by atoms with Gasteiger partial charge in [0.25, 0.3) is 0 Å². The molecule has 0 radical (unpaired) electrons. The van der Waals surface area contributed by atoms with Crippen molar-refractivity contribution in [3.05, 3.63) is 29.8 Å². The summed E-state index contributed by atoms with van der Waals surface area (Å²) in [6.07, 6.45) is 0.178. The van der Waals surface area contributed by atoms with Gasteiger partial charge in [0, 0.05) is 10.6 Å². The summed E-state index contributed by atoms with van der Waals surface area (Å²) >= 11 is 1.69. The van der Waals surface area contributed by atoms with Crippen LogP contribution in [-0.4, -0.2) is 35.3 Å². The Morgan fingerprint density at radius 2 is 2.11 bits per heavy atom. The molecule has 1 saturated heterocycles.